The molecule has 88 valence electrons. The van der Waals surface area contributed by atoms with Gasteiger partial charge in [-0.15, -0.1) is 0 Å². The van der Waals surface area contributed by atoms with E-state index in [-0.39, 0.29) is 0 Å². The fraction of sp³-hybridized carbons (Fsp3) is 0.308. The molecule has 2 nitrogen and oxygen atoms in total. The van der Waals surface area contributed by atoms with Crippen LogP contribution in [0.25, 0.3) is 0 Å². The molecule has 1 N–H and O–H groups in total. The molecule has 0 spiro atoms. The molecule has 0 bridgehead atoms. The molecule has 0 saturated carbocycles. The van der Waals surface area contributed by atoms with Gasteiger partial charge in [0, 0.05) is 16.4 Å². The minimum atomic E-state index is 1.10. The van der Waals surface area contributed by atoms with Gasteiger partial charge in [-0.3, -0.25) is 0 Å². The van der Waals surface area contributed by atoms with E-state index in [1.807, 2.05) is 13.8 Å². The normalized spacial score (nSPS) is 9.56. The van der Waals surface area contributed by atoms with Crippen molar-refractivity contribution < 1.29 is 0 Å². The fourth-order valence-electron chi connectivity index (χ4n) is 1.29. The second kappa shape index (κ2) is 8.11. The smallest absolute Gasteiger partial charge is 0.0922 e. The van der Waals surface area contributed by atoms with Crippen LogP contribution in [0.4, 0.5) is 5.69 Å². The largest absolute Gasteiger partial charge is 0.346 e. The highest BCUT2D eigenvalue weighted by molar-refractivity contribution is 9.10. The van der Waals surface area contributed by atoms with Crippen molar-refractivity contribution in [2.45, 2.75) is 27.7 Å². The van der Waals surface area contributed by atoms with Gasteiger partial charge < -0.3 is 5.32 Å². The molecule has 0 aliphatic carbocycles. The Morgan fingerprint density at radius 2 is 1.75 bits per heavy atom. The molecule has 1 aromatic rings. The van der Waals surface area contributed by atoms with Crippen LogP contribution >= 0.6 is 15.9 Å². The third-order valence-electron chi connectivity index (χ3n) is 1.89. The SMILES string of the molecule is C=CN=CNc1c(C)cc(Br)cc1C.CC. The van der Waals surface area contributed by atoms with E-state index in [0.717, 1.165) is 10.2 Å². The van der Waals surface area contributed by atoms with Crippen LogP contribution < -0.4 is 5.32 Å². The van der Waals surface area contributed by atoms with Crippen LogP contribution in [-0.4, -0.2) is 6.34 Å². The number of halogens is 1. The van der Waals surface area contributed by atoms with Crippen molar-refractivity contribution in [2.75, 3.05) is 5.32 Å². The molecule has 1 aromatic carbocycles. The van der Waals surface area contributed by atoms with Crippen molar-refractivity contribution in [1.29, 1.82) is 0 Å². The lowest BCUT2D eigenvalue weighted by Crippen LogP contribution is -1.99. The molecule has 3 heteroatoms. The van der Waals surface area contributed by atoms with Crippen LogP contribution in [0.5, 0.6) is 0 Å². The van der Waals surface area contributed by atoms with Crippen molar-refractivity contribution >= 4 is 28.0 Å². The highest BCUT2D eigenvalue weighted by atomic mass is 79.9. The van der Waals surface area contributed by atoms with Crippen molar-refractivity contribution in [3.05, 3.63) is 40.5 Å². The average Bonchev–Trinajstić information content (AvgIpc) is 2.25. The first-order valence-corrected chi connectivity index (χ1v) is 6.10. The van der Waals surface area contributed by atoms with Gasteiger partial charge in [0.25, 0.3) is 0 Å². The Balaban J connectivity index is 0.00000106. The van der Waals surface area contributed by atoms with E-state index < -0.39 is 0 Å². The standard InChI is InChI=1S/C11H13BrN2.C2H6/c1-4-13-7-14-11-8(2)5-10(12)6-9(11)3;1-2/h4-7H,1H2,2-3H3,(H,13,14);1-2H3. The first-order chi connectivity index (χ1) is 7.65. The molecule has 0 aliphatic heterocycles. The summed E-state index contributed by atoms with van der Waals surface area (Å²) >= 11 is 3.45. The number of anilines is 1. The summed E-state index contributed by atoms with van der Waals surface area (Å²) < 4.78 is 1.10. The minimum absolute atomic E-state index is 1.10. The van der Waals surface area contributed by atoms with Crippen molar-refractivity contribution in [1.82, 2.24) is 0 Å². The molecule has 0 unspecified atom stereocenters. The molecule has 0 aliphatic rings. The molecule has 1 rings (SSSR count). The van der Waals surface area contributed by atoms with E-state index in [9.17, 15) is 0 Å². The van der Waals surface area contributed by atoms with Crippen LogP contribution in [0.2, 0.25) is 0 Å². The number of hydrogen-bond donors (Lipinski definition) is 1. The molecule has 0 heterocycles. The Labute approximate surface area is 107 Å². The summed E-state index contributed by atoms with van der Waals surface area (Å²) in [5.41, 5.74) is 3.47. The molecule has 0 amide bonds. The van der Waals surface area contributed by atoms with Gasteiger partial charge in [-0.1, -0.05) is 36.4 Å². The summed E-state index contributed by atoms with van der Waals surface area (Å²) in [5, 5.41) is 3.13. The molecule has 0 aromatic heterocycles. The van der Waals surface area contributed by atoms with Gasteiger partial charge in [0.1, 0.15) is 0 Å². The monoisotopic (exact) mass is 282 g/mol. The van der Waals surface area contributed by atoms with E-state index in [1.54, 1.807) is 6.34 Å². The quantitative estimate of drug-likeness (QED) is 0.632. The van der Waals surface area contributed by atoms with E-state index in [4.69, 9.17) is 0 Å². The summed E-state index contributed by atoms with van der Waals surface area (Å²) in [5.74, 6) is 0. The van der Waals surface area contributed by atoms with Crippen molar-refractivity contribution in [3.8, 4) is 0 Å². The Bertz CT molecular complexity index is 347. The summed E-state index contributed by atoms with van der Waals surface area (Å²) in [4.78, 5) is 3.89. The molecular formula is C13H19BrN2. The van der Waals surface area contributed by atoms with Crippen LogP contribution in [0.15, 0.2) is 34.4 Å². The maximum atomic E-state index is 3.89. The first-order valence-electron chi connectivity index (χ1n) is 5.31. The van der Waals surface area contributed by atoms with E-state index in [0.29, 0.717) is 0 Å². The molecule has 0 radical (unpaired) electrons. The summed E-state index contributed by atoms with van der Waals surface area (Å²) in [7, 11) is 0. The van der Waals surface area contributed by atoms with Gasteiger partial charge in [-0.25, -0.2) is 4.99 Å². The van der Waals surface area contributed by atoms with E-state index in [2.05, 4.69) is 58.8 Å². The maximum absolute atomic E-state index is 3.89. The zero-order valence-electron chi connectivity index (χ0n) is 10.3. The lowest BCUT2D eigenvalue weighted by molar-refractivity contribution is 1.36. The number of rotatable bonds is 3. The van der Waals surface area contributed by atoms with Gasteiger partial charge in [-0.05, 0) is 37.1 Å². The number of aryl methyl sites for hydroxylation is 2. The second-order valence-corrected chi connectivity index (χ2v) is 3.94. The predicted molar refractivity (Wildman–Crippen MR) is 77.3 cm³/mol. The lowest BCUT2D eigenvalue weighted by atomic mass is 10.1. The molecule has 0 saturated heterocycles. The van der Waals surface area contributed by atoms with Crippen LogP contribution in [0, 0.1) is 13.8 Å². The molecular weight excluding hydrogens is 264 g/mol. The number of nitrogens with one attached hydrogen (secondary N) is 1. The fourth-order valence-corrected chi connectivity index (χ4v) is 1.98. The van der Waals surface area contributed by atoms with E-state index in [1.165, 1.54) is 17.3 Å². The van der Waals surface area contributed by atoms with Crippen LogP contribution in [0.3, 0.4) is 0 Å². The summed E-state index contributed by atoms with van der Waals surface area (Å²) in [6.45, 7) is 11.6. The Morgan fingerprint density at radius 1 is 1.25 bits per heavy atom. The Hall–Kier alpha value is -1.09. The van der Waals surface area contributed by atoms with Gasteiger partial charge >= 0.3 is 0 Å². The highest BCUT2D eigenvalue weighted by Crippen LogP contribution is 2.24. The Morgan fingerprint density at radius 3 is 2.19 bits per heavy atom. The minimum Gasteiger partial charge on any atom is -0.346 e. The number of aliphatic imine (C=N–C) groups is 1. The zero-order chi connectivity index (χ0) is 12.6. The van der Waals surface area contributed by atoms with Gasteiger partial charge in [0.15, 0.2) is 0 Å². The summed E-state index contributed by atoms with van der Waals surface area (Å²) in [6.07, 6.45) is 3.13. The lowest BCUT2D eigenvalue weighted by Gasteiger charge is -2.09. The number of benzene rings is 1. The third-order valence-corrected chi connectivity index (χ3v) is 2.34. The van der Waals surface area contributed by atoms with Gasteiger partial charge in [0.2, 0.25) is 0 Å². The van der Waals surface area contributed by atoms with Crippen LogP contribution in [0.1, 0.15) is 25.0 Å². The van der Waals surface area contributed by atoms with Gasteiger partial charge in [0.05, 0.1) is 6.34 Å². The first kappa shape index (κ1) is 14.9. The highest BCUT2D eigenvalue weighted by Gasteiger charge is 2.01. The summed E-state index contributed by atoms with van der Waals surface area (Å²) in [6, 6.07) is 4.13. The molecule has 0 atom stereocenters. The van der Waals surface area contributed by atoms with E-state index >= 15 is 0 Å². The van der Waals surface area contributed by atoms with Crippen molar-refractivity contribution in [3.63, 3.8) is 0 Å². The topological polar surface area (TPSA) is 24.4 Å². The Kier molecular flexibility index (Phi) is 7.56. The third kappa shape index (κ3) is 4.62. The second-order valence-electron chi connectivity index (χ2n) is 3.02. The molecule has 16 heavy (non-hydrogen) atoms. The maximum Gasteiger partial charge on any atom is 0.0922 e. The van der Waals surface area contributed by atoms with Gasteiger partial charge in [-0.2, -0.15) is 0 Å². The molecule has 0 fully saturated rings. The zero-order valence-corrected chi connectivity index (χ0v) is 11.9. The number of hydrogen-bond acceptors (Lipinski definition) is 1. The van der Waals surface area contributed by atoms with Crippen molar-refractivity contribution in [2.24, 2.45) is 4.99 Å². The average molecular weight is 283 g/mol. The number of nitrogens with zero attached hydrogens (tertiary/aromatic N) is 1. The van der Waals surface area contributed by atoms with Crippen LogP contribution in [-0.2, 0) is 0 Å². The predicted octanol–water partition coefficient (Wildman–Crippen LogP) is 4.68.